The van der Waals surface area contributed by atoms with Crippen molar-refractivity contribution < 1.29 is 15.3 Å². The molecule has 4 aliphatic rings. The second-order valence-electron chi connectivity index (χ2n) is 6.36. The third-order valence-electron chi connectivity index (χ3n) is 5.31. The summed E-state index contributed by atoms with van der Waals surface area (Å²) < 4.78 is 4.90. The third-order valence-corrected chi connectivity index (χ3v) is 5.31. The Morgan fingerprint density at radius 3 is 2.00 bits per heavy atom. The van der Waals surface area contributed by atoms with E-state index in [2.05, 4.69) is 5.73 Å². The molecule has 16 heavy (non-hydrogen) atoms. The predicted molar refractivity (Wildman–Crippen MR) is 59.3 cm³/mol. The summed E-state index contributed by atoms with van der Waals surface area (Å²) >= 11 is 0. The monoisotopic (exact) mass is 224 g/mol. The fourth-order valence-electron chi connectivity index (χ4n) is 5.00. The molecule has 0 aromatic carbocycles. The molecule has 0 unspecified atom stereocenters. The Hall–Kier alpha value is -0.570. The molecule has 3 heteroatoms. The molecule has 4 rings (SSSR count). The highest BCUT2D eigenvalue weighted by Crippen LogP contribution is 2.60. The Balaban J connectivity index is 1.85. The maximum absolute atomic E-state index is 11.7. The Labute approximate surface area is 96.7 Å². The van der Waals surface area contributed by atoms with E-state index in [4.69, 9.17) is 4.74 Å². The molecule has 4 fully saturated rings. The molecule has 90 valence electrons. The summed E-state index contributed by atoms with van der Waals surface area (Å²) in [5.41, 5.74) is 4.32. The summed E-state index contributed by atoms with van der Waals surface area (Å²) in [4.78, 5) is 11.7. The molecule has 0 aliphatic heterocycles. The van der Waals surface area contributed by atoms with E-state index in [1.54, 1.807) is 0 Å². The summed E-state index contributed by atoms with van der Waals surface area (Å²) in [7, 11) is 1.49. The molecule has 4 aliphatic carbocycles. The van der Waals surface area contributed by atoms with Gasteiger partial charge in [0.15, 0.2) is 6.04 Å². The standard InChI is InChI=1S/C13H21NO2/c1-16-12(15)11(14)13-5-8-2-9(6-13)4-10(3-8)7-13/h8-11H,2-7,14H2,1H3/p+1/t8?,9?,10?,11-,13?/m1/s1. The number of methoxy groups -OCH3 is 1. The van der Waals surface area contributed by atoms with Crippen LogP contribution in [0.3, 0.4) is 0 Å². The maximum atomic E-state index is 11.7. The van der Waals surface area contributed by atoms with Gasteiger partial charge in [0.05, 0.1) is 7.11 Å². The molecule has 0 heterocycles. The van der Waals surface area contributed by atoms with Crippen LogP contribution in [0.4, 0.5) is 0 Å². The quantitative estimate of drug-likeness (QED) is 0.711. The minimum absolute atomic E-state index is 0.0954. The smallest absolute Gasteiger partial charge is 0.365 e. The van der Waals surface area contributed by atoms with Gasteiger partial charge < -0.3 is 10.5 Å². The number of quaternary nitrogens is 1. The molecule has 0 spiro atoms. The fourth-order valence-corrected chi connectivity index (χ4v) is 5.00. The van der Waals surface area contributed by atoms with Gasteiger partial charge in [-0.05, 0) is 56.3 Å². The number of carbonyl (C=O) groups is 1. The number of hydrogen-bond donors (Lipinski definition) is 1. The Kier molecular flexibility index (Phi) is 2.29. The van der Waals surface area contributed by atoms with E-state index in [1.807, 2.05) is 0 Å². The average molecular weight is 224 g/mol. The van der Waals surface area contributed by atoms with Gasteiger partial charge in [-0.1, -0.05) is 0 Å². The molecule has 0 radical (unpaired) electrons. The van der Waals surface area contributed by atoms with Crippen molar-refractivity contribution in [3.63, 3.8) is 0 Å². The molecule has 4 saturated carbocycles. The molecule has 0 aromatic rings. The van der Waals surface area contributed by atoms with Crippen molar-refractivity contribution in [2.24, 2.45) is 23.2 Å². The van der Waals surface area contributed by atoms with E-state index < -0.39 is 0 Å². The summed E-state index contributed by atoms with van der Waals surface area (Å²) in [6.07, 6.45) is 7.90. The molecule has 3 N–H and O–H groups in total. The SMILES string of the molecule is COC(=O)[C@@H]([NH3+])C12CC3CC(CC(C3)C1)C2. The molecule has 4 bridgehead atoms. The second-order valence-corrected chi connectivity index (χ2v) is 6.36. The minimum atomic E-state index is -0.133. The summed E-state index contributed by atoms with van der Waals surface area (Å²) in [5, 5.41) is 0. The van der Waals surface area contributed by atoms with Crippen LogP contribution in [0, 0.1) is 23.2 Å². The molecule has 0 saturated heterocycles. The zero-order valence-corrected chi connectivity index (χ0v) is 10.1. The lowest BCUT2D eigenvalue weighted by Crippen LogP contribution is -2.74. The van der Waals surface area contributed by atoms with Crippen LogP contribution < -0.4 is 5.73 Å². The van der Waals surface area contributed by atoms with Gasteiger partial charge in [0.25, 0.3) is 0 Å². The van der Waals surface area contributed by atoms with Crippen LogP contribution in [-0.4, -0.2) is 19.1 Å². The molecule has 0 aromatic heterocycles. The number of hydrogen-bond acceptors (Lipinski definition) is 2. The summed E-state index contributed by atoms with van der Waals surface area (Å²) in [6.45, 7) is 0. The number of esters is 1. The molecular weight excluding hydrogens is 202 g/mol. The lowest BCUT2D eigenvalue weighted by molar-refractivity contribution is -0.444. The summed E-state index contributed by atoms with van der Waals surface area (Å²) in [5.74, 6) is 2.53. The first-order valence-corrected chi connectivity index (χ1v) is 6.54. The largest absolute Gasteiger partial charge is 0.465 e. The van der Waals surface area contributed by atoms with Crippen LogP contribution in [0.2, 0.25) is 0 Å². The number of carbonyl (C=O) groups excluding carboxylic acids is 1. The van der Waals surface area contributed by atoms with Gasteiger partial charge in [-0.15, -0.1) is 0 Å². The topological polar surface area (TPSA) is 53.9 Å². The normalized spacial score (nSPS) is 46.8. The zero-order valence-electron chi connectivity index (χ0n) is 10.1. The van der Waals surface area contributed by atoms with Crippen molar-refractivity contribution in [3.8, 4) is 0 Å². The van der Waals surface area contributed by atoms with Gasteiger partial charge in [0, 0.05) is 5.41 Å². The van der Waals surface area contributed by atoms with Crippen LogP contribution in [0.5, 0.6) is 0 Å². The van der Waals surface area contributed by atoms with Crippen LogP contribution in [0.15, 0.2) is 0 Å². The maximum Gasteiger partial charge on any atom is 0.365 e. The van der Waals surface area contributed by atoms with Gasteiger partial charge in [-0.2, -0.15) is 0 Å². The van der Waals surface area contributed by atoms with Crippen LogP contribution in [0.1, 0.15) is 38.5 Å². The molecule has 3 nitrogen and oxygen atoms in total. The van der Waals surface area contributed by atoms with E-state index in [-0.39, 0.29) is 17.4 Å². The van der Waals surface area contributed by atoms with Crippen molar-refractivity contribution in [3.05, 3.63) is 0 Å². The fraction of sp³-hybridized carbons (Fsp3) is 0.923. The first kappa shape index (κ1) is 10.6. The summed E-state index contributed by atoms with van der Waals surface area (Å²) in [6, 6.07) is -0.133. The Bertz CT molecular complexity index is 278. The minimum Gasteiger partial charge on any atom is -0.465 e. The Morgan fingerprint density at radius 2 is 1.62 bits per heavy atom. The molecule has 0 amide bonds. The van der Waals surface area contributed by atoms with Crippen molar-refractivity contribution in [2.45, 2.75) is 44.6 Å². The Morgan fingerprint density at radius 1 is 1.19 bits per heavy atom. The van der Waals surface area contributed by atoms with E-state index in [1.165, 1.54) is 45.6 Å². The predicted octanol–water partition coefficient (Wildman–Crippen LogP) is 0.986. The number of rotatable bonds is 2. The van der Waals surface area contributed by atoms with Crippen LogP contribution in [0.25, 0.3) is 0 Å². The van der Waals surface area contributed by atoms with Gasteiger partial charge in [-0.3, -0.25) is 0 Å². The molecular formula is C13H22NO2+. The van der Waals surface area contributed by atoms with Gasteiger partial charge in [-0.25, -0.2) is 4.79 Å². The van der Waals surface area contributed by atoms with E-state index in [0.717, 1.165) is 17.8 Å². The third kappa shape index (κ3) is 1.41. The van der Waals surface area contributed by atoms with Crippen LogP contribution in [-0.2, 0) is 9.53 Å². The highest BCUT2D eigenvalue weighted by molar-refractivity contribution is 5.75. The number of ether oxygens (including phenoxy) is 1. The lowest BCUT2D eigenvalue weighted by atomic mass is 9.48. The van der Waals surface area contributed by atoms with Crippen molar-refractivity contribution >= 4 is 5.97 Å². The van der Waals surface area contributed by atoms with Crippen LogP contribution >= 0.6 is 0 Å². The zero-order chi connectivity index (χ0) is 11.3. The van der Waals surface area contributed by atoms with E-state index >= 15 is 0 Å². The van der Waals surface area contributed by atoms with Gasteiger partial charge >= 0.3 is 5.97 Å². The van der Waals surface area contributed by atoms with E-state index in [0.29, 0.717) is 0 Å². The van der Waals surface area contributed by atoms with Crippen molar-refractivity contribution in [2.75, 3.05) is 7.11 Å². The van der Waals surface area contributed by atoms with Crippen molar-refractivity contribution in [1.82, 2.24) is 0 Å². The first-order valence-electron chi connectivity index (χ1n) is 6.54. The first-order chi connectivity index (χ1) is 7.63. The molecule has 1 atom stereocenters. The van der Waals surface area contributed by atoms with Gasteiger partial charge in [0.2, 0.25) is 0 Å². The van der Waals surface area contributed by atoms with Gasteiger partial charge in [0.1, 0.15) is 0 Å². The average Bonchev–Trinajstić information content (AvgIpc) is 2.25. The second kappa shape index (κ2) is 3.46. The highest BCUT2D eigenvalue weighted by Gasteiger charge is 2.57. The highest BCUT2D eigenvalue weighted by atomic mass is 16.5. The van der Waals surface area contributed by atoms with Crippen molar-refractivity contribution in [1.29, 1.82) is 0 Å². The lowest BCUT2D eigenvalue weighted by Gasteiger charge is -2.56. The van der Waals surface area contributed by atoms with E-state index in [9.17, 15) is 4.79 Å².